The van der Waals surface area contributed by atoms with E-state index in [-0.39, 0.29) is 6.04 Å². The van der Waals surface area contributed by atoms with E-state index in [4.69, 9.17) is 5.73 Å². The molecule has 0 fully saturated rings. The number of nitrogens with zero attached hydrogens (tertiary/aromatic N) is 2. The molecular formula is C7H13N3S. The summed E-state index contributed by atoms with van der Waals surface area (Å²) in [6, 6.07) is 0.148. The van der Waals surface area contributed by atoms with Crippen molar-refractivity contribution < 1.29 is 0 Å². The van der Waals surface area contributed by atoms with Crippen LogP contribution in [0.4, 0.5) is 0 Å². The molecule has 0 bridgehead atoms. The van der Waals surface area contributed by atoms with Gasteiger partial charge in [-0.05, 0) is 18.0 Å². The van der Waals surface area contributed by atoms with E-state index in [1.165, 1.54) is 24.4 Å². The molecule has 1 heterocycles. The van der Waals surface area contributed by atoms with Gasteiger partial charge in [-0.15, -0.1) is 5.10 Å². The van der Waals surface area contributed by atoms with E-state index in [0.717, 1.165) is 11.3 Å². The van der Waals surface area contributed by atoms with Gasteiger partial charge in [0.15, 0.2) is 0 Å². The molecule has 3 nitrogen and oxygen atoms in total. The molecule has 0 aliphatic heterocycles. The lowest BCUT2D eigenvalue weighted by molar-refractivity contribution is 0.610. The number of unbranched alkanes of at least 4 members (excludes halogenated alkanes) is 1. The Morgan fingerprint density at radius 1 is 1.73 bits per heavy atom. The number of hydrogen-bond donors (Lipinski definition) is 1. The van der Waals surface area contributed by atoms with E-state index < -0.39 is 0 Å². The quantitative estimate of drug-likeness (QED) is 0.750. The van der Waals surface area contributed by atoms with Gasteiger partial charge in [0, 0.05) is 6.04 Å². The number of aromatic nitrogens is 2. The zero-order valence-electron chi connectivity index (χ0n) is 6.66. The van der Waals surface area contributed by atoms with Crippen molar-refractivity contribution >= 4 is 11.5 Å². The van der Waals surface area contributed by atoms with Crippen molar-refractivity contribution in [2.75, 3.05) is 0 Å². The molecule has 0 saturated heterocycles. The van der Waals surface area contributed by atoms with Gasteiger partial charge >= 0.3 is 0 Å². The fraction of sp³-hybridized carbons (Fsp3) is 0.714. The molecule has 1 aromatic heterocycles. The minimum atomic E-state index is 0.148. The highest BCUT2D eigenvalue weighted by atomic mass is 32.1. The van der Waals surface area contributed by atoms with Crippen LogP contribution in [0, 0.1) is 0 Å². The van der Waals surface area contributed by atoms with Gasteiger partial charge in [-0.1, -0.05) is 24.3 Å². The molecule has 0 aliphatic rings. The van der Waals surface area contributed by atoms with Crippen molar-refractivity contribution in [3.8, 4) is 0 Å². The fourth-order valence-corrected chi connectivity index (χ4v) is 1.44. The van der Waals surface area contributed by atoms with Crippen LogP contribution >= 0.6 is 11.5 Å². The minimum absolute atomic E-state index is 0.148. The first-order chi connectivity index (χ1) is 5.34. The molecule has 1 atom stereocenters. The molecule has 2 N–H and O–H groups in total. The van der Waals surface area contributed by atoms with Gasteiger partial charge < -0.3 is 5.73 Å². The average molecular weight is 171 g/mol. The Bertz CT molecular complexity index is 186. The summed E-state index contributed by atoms with van der Waals surface area (Å²) in [6.45, 7) is 2.16. The van der Waals surface area contributed by atoms with E-state index in [1.807, 2.05) is 0 Å². The van der Waals surface area contributed by atoms with E-state index in [2.05, 4.69) is 16.5 Å². The lowest BCUT2D eigenvalue weighted by atomic mass is 10.1. The first kappa shape index (κ1) is 8.62. The highest BCUT2D eigenvalue weighted by molar-refractivity contribution is 7.05. The molecular weight excluding hydrogens is 158 g/mol. The third kappa shape index (κ3) is 2.55. The Kier molecular flexibility index (Phi) is 3.45. The van der Waals surface area contributed by atoms with Crippen LogP contribution in [0.25, 0.3) is 0 Å². The second-order valence-electron chi connectivity index (χ2n) is 2.57. The van der Waals surface area contributed by atoms with Crippen molar-refractivity contribution in [2.24, 2.45) is 5.73 Å². The summed E-state index contributed by atoms with van der Waals surface area (Å²) < 4.78 is 3.76. The fourth-order valence-electron chi connectivity index (χ4n) is 0.904. The first-order valence-electron chi connectivity index (χ1n) is 3.87. The van der Waals surface area contributed by atoms with Crippen LogP contribution in [-0.2, 0) is 0 Å². The number of hydrogen-bond acceptors (Lipinski definition) is 4. The van der Waals surface area contributed by atoms with Crippen molar-refractivity contribution in [3.05, 3.63) is 11.1 Å². The summed E-state index contributed by atoms with van der Waals surface area (Å²) in [4.78, 5) is 1.10. The van der Waals surface area contributed by atoms with Crippen LogP contribution in [-0.4, -0.2) is 9.59 Å². The largest absolute Gasteiger partial charge is 0.323 e. The first-order valence-corrected chi connectivity index (χ1v) is 4.64. The summed E-state index contributed by atoms with van der Waals surface area (Å²) in [5, 5.41) is 3.74. The molecule has 1 unspecified atom stereocenters. The maximum absolute atomic E-state index is 5.86. The standard InChI is InChI=1S/C7H13N3S/c1-2-3-4-6(8)7-5-9-10-11-7/h5-6H,2-4,8H2,1H3. The second kappa shape index (κ2) is 4.41. The molecule has 0 spiro atoms. The van der Waals surface area contributed by atoms with Gasteiger partial charge in [0.25, 0.3) is 0 Å². The Balaban J connectivity index is 2.36. The van der Waals surface area contributed by atoms with Crippen molar-refractivity contribution in [1.29, 1.82) is 0 Å². The zero-order valence-corrected chi connectivity index (χ0v) is 7.47. The highest BCUT2D eigenvalue weighted by Gasteiger charge is 2.06. The Morgan fingerprint density at radius 3 is 3.09 bits per heavy atom. The van der Waals surface area contributed by atoms with Crippen molar-refractivity contribution in [3.63, 3.8) is 0 Å². The maximum atomic E-state index is 5.86. The Labute approximate surface area is 70.8 Å². The monoisotopic (exact) mass is 171 g/mol. The normalized spacial score (nSPS) is 13.3. The summed E-state index contributed by atoms with van der Waals surface area (Å²) in [5.41, 5.74) is 5.86. The van der Waals surface area contributed by atoms with Gasteiger partial charge in [-0.3, -0.25) is 0 Å². The SMILES string of the molecule is CCCCC(N)c1cnns1. The second-order valence-corrected chi connectivity index (χ2v) is 3.39. The molecule has 0 saturated carbocycles. The molecule has 1 rings (SSSR count). The maximum Gasteiger partial charge on any atom is 0.0669 e. The predicted molar refractivity (Wildman–Crippen MR) is 46.4 cm³/mol. The summed E-state index contributed by atoms with van der Waals surface area (Å²) >= 11 is 1.40. The molecule has 0 radical (unpaired) electrons. The van der Waals surface area contributed by atoms with Crippen LogP contribution in [0.1, 0.15) is 37.1 Å². The van der Waals surface area contributed by atoms with E-state index >= 15 is 0 Å². The van der Waals surface area contributed by atoms with Gasteiger partial charge in [-0.25, -0.2) is 0 Å². The lowest BCUT2D eigenvalue weighted by Crippen LogP contribution is -2.07. The van der Waals surface area contributed by atoms with E-state index in [9.17, 15) is 0 Å². The summed E-state index contributed by atoms with van der Waals surface area (Å²) in [6.07, 6.45) is 5.17. The van der Waals surface area contributed by atoms with Gasteiger partial charge in [-0.2, -0.15) is 0 Å². The van der Waals surface area contributed by atoms with Gasteiger partial charge in [0.2, 0.25) is 0 Å². The lowest BCUT2D eigenvalue weighted by Gasteiger charge is -2.05. The Morgan fingerprint density at radius 2 is 2.55 bits per heavy atom. The van der Waals surface area contributed by atoms with Gasteiger partial charge in [0.05, 0.1) is 11.1 Å². The van der Waals surface area contributed by atoms with Crippen molar-refractivity contribution in [1.82, 2.24) is 9.59 Å². The number of nitrogens with two attached hydrogens (primary N) is 1. The average Bonchev–Trinajstić information content (AvgIpc) is 2.52. The molecule has 0 aliphatic carbocycles. The third-order valence-corrected chi connectivity index (χ3v) is 2.41. The zero-order chi connectivity index (χ0) is 8.10. The molecule has 11 heavy (non-hydrogen) atoms. The van der Waals surface area contributed by atoms with Crippen LogP contribution in [0.3, 0.4) is 0 Å². The third-order valence-electron chi connectivity index (χ3n) is 1.61. The van der Waals surface area contributed by atoms with Crippen LogP contribution < -0.4 is 5.73 Å². The smallest absolute Gasteiger partial charge is 0.0669 e. The predicted octanol–water partition coefficient (Wildman–Crippen LogP) is 1.73. The highest BCUT2D eigenvalue weighted by Crippen LogP contribution is 2.17. The molecule has 62 valence electrons. The minimum Gasteiger partial charge on any atom is -0.323 e. The van der Waals surface area contributed by atoms with E-state index in [1.54, 1.807) is 6.20 Å². The Hall–Kier alpha value is -0.480. The molecule has 4 heteroatoms. The summed E-state index contributed by atoms with van der Waals surface area (Å²) in [5.74, 6) is 0. The van der Waals surface area contributed by atoms with Crippen LogP contribution in [0.5, 0.6) is 0 Å². The number of rotatable bonds is 4. The van der Waals surface area contributed by atoms with E-state index in [0.29, 0.717) is 0 Å². The topological polar surface area (TPSA) is 51.8 Å². The molecule has 1 aromatic rings. The molecule has 0 amide bonds. The summed E-state index contributed by atoms with van der Waals surface area (Å²) in [7, 11) is 0. The van der Waals surface area contributed by atoms with Gasteiger partial charge in [0.1, 0.15) is 0 Å². The van der Waals surface area contributed by atoms with Crippen LogP contribution in [0.15, 0.2) is 6.20 Å². The van der Waals surface area contributed by atoms with Crippen molar-refractivity contribution in [2.45, 2.75) is 32.2 Å². The molecule has 0 aromatic carbocycles. The van der Waals surface area contributed by atoms with Crippen LogP contribution in [0.2, 0.25) is 0 Å².